The van der Waals surface area contributed by atoms with E-state index >= 15 is 0 Å². The zero-order chi connectivity index (χ0) is 13.1. The summed E-state index contributed by atoms with van der Waals surface area (Å²) in [5.74, 6) is 5.35. The Hall–Kier alpha value is -2.37. The minimum atomic E-state index is -0.404. The van der Waals surface area contributed by atoms with E-state index in [4.69, 9.17) is 4.74 Å². The molecule has 0 radical (unpaired) electrons. The van der Waals surface area contributed by atoms with Gasteiger partial charge in [0, 0.05) is 5.56 Å². The molecule has 0 saturated carbocycles. The molecule has 1 heterocycles. The smallest absolute Gasteiger partial charge is 0.237 e. The number of hydrogen-bond donors (Lipinski definition) is 0. The average molecular weight is 248 g/mol. The fourth-order valence-corrected chi connectivity index (χ4v) is 1.93. The van der Waals surface area contributed by atoms with Crippen LogP contribution in [0.15, 0.2) is 60.7 Å². The van der Waals surface area contributed by atoms with Gasteiger partial charge in [-0.05, 0) is 23.6 Å². The number of ketones is 1. The summed E-state index contributed by atoms with van der Waals surface area (Å²) in [6, 6.07) is 19.2. The molecule has 1 aliphatic rings. The summed E-state index contributed by atoms with van der Waals surface area (Å²) in [5.41, 5.74) is 1.87. The summed E-state index contributed by atoms with van der Waals surface area (Å²) in [5, 5.41) is 0. The third-order valence-corrected chi connectivity index (χ3v) is 2.98. The van der Waals surface area contributed by atoms with Gasteiger partial charge in [-0.3, -0.25) is 4.79 Å². The van der Waals surface area contributed by atoms with E-state index in [1.54, 1.807) is 0 Å². The van der Waals surface area contributed by atoms with Crippen LogP contribution in [0.1, 0.15) is 17.2 Å². The van der Waals surface area contributed by atoms with Crippen molar-refractivity contribution in [1.29, 1.82) is 0 Å². The minimum absolute atomic E-state index is 0.126. The van der Waals surface area contributed by atoms with Gasteiger partial charge in [0.2, 0.25) is 5.78 Å². The van der Waals surface area contributed by atoms with Crippen LogP contribution >= 0.6 is 0 Å². The highest BCUT2D eigenvalue weighted by atomic mass is 16.6. The second kappa shape index (κ2) is 5.09. The highest BCUT2D eigenvalue weighted by Crippen LogP contribution is 2.38. The molecule has 92 valence electrons. The maximum Gasteiger partial charge on any atom is 0.237 e. The normalized spacial score (nSPS) is 20.2. The lowest BCUT2D eigenvalue weighted by atomic mass is 10.1. The Bertz CT molecular complexity index is 635. The van der Waals surface area contributed by atoms with Crippen molar-refractivity contribution in [1.82, 2.24) is 0 Å². The number of ether oxygens (including phenoxy) is 1. The van der Waals surface area contributed by atoms with Crippen LogP contribution in [0.3, 0.4) is 0 Å². The van der Waals surface area contributed by atoms with Crippen molar-refractivity contribution in [2.45, 2.75) is 12.2 Å². The Kier molecular flexibility index (Phi) is 3.14. The molecular formula is C17H12O2. The standard InChI is InChI=1S/C17H12O2/c18-15(12-11-13-7-3-1-4-8-13)17-16(19-17)14-9-5-2-6-10-14/h1-10,16-17H/t16-,17-/m0/s1. The lowest BCUT2D eigenvalue weighted by molar-refractivity contribution is -0.114. The summed E-state index contributed by atoms with van der Waals surface area (Å²) in [6.45, 7) is 0. The fraction of sp³-hybridized carbons (Fsp3) is 0.118. The summed E-state index contributed by atoms with van der Waals surface area (Å²) in [4.78, 5) is 11.9. The maximum absolute atomic E-state index is 11.9. The molecule has 0 bridgehead atoms. The van der Waals surface area contributed by atoms with Crippen molar-refractivity contribution in [2.75, 3.05) is 0 Å². The number of carbonyl (C=O) groups is 1. The molecule has 0 spiro atoms. The Labute approximate surface area is 112 Å². The SMILES string of the molecule is O=C(C#Cc1ccccc1)[C@@H]1O[C@H]1c1ccccc1. The van der Waals surface area contributed by atoms with Crippen LogP contribution in [0, 0.1) is 11.8 Å². The molecule has 1 aliphatic heterocycles. The molecule has 1 fully saturated rings. The highest BCUT2D eigenvalue weighted by molar-refractivity contribution is 6.01. The van der Waals surface area contributed by atoms with Crippen molar-refractivity contribution >= 4 is 5.78 Å². The second-order valence-electron chi connectivity index (χ2n) is 4.37. The summed E-state index contributed by atoms with van der Waals surface area (Å²) >= 11 is 0. The molecule has 2 aromatic rings. The quantitative estimate of drug-likeness (QED) is 0.604. The van der Waals surface area contributed by atoms with Gasteiger partial charge in [0.1, 0.15) is 6.10 Å². The first-order chi connectivity index (χ1) is 9.34. The van der Waals surface area contributed by atoms with Crippen molar-refractivity contribution < 1.29 is 9.53 Å². The maximum atomic E-state index is 11.9. The first-order valence-electron chi connectivity index (χ1n) is 6.16. The molecule has 2 atom stereocenters. The van der Waals surface area contributed by atoms with E-state index < -0.39 is 6.10 Å². The van der Waals surface area contributed by atoms with E-state index in [1.165, 1.54) is 0 Å². The van der Waals surface area contributed by atoms with Crippen molar-refractivity contribution in [3.63, 3.8) is 0 Å². The van der Waals surface area contributed by atoms with Crippen molar-refractivity contribution in [3.05, 3.63) is 71.8 Å². The minimum Gasteiger partial charge on any atom is -0.355 e. The van der Waals surface area contributed by atoms with Gasteiger partial charge in [-0.1, -0.05) is 54.5 Å². The lowest BCUT2D eigenvalue weighted by Crippen LogP contribution is -2.04. The molecule has 0 N–H and O–H groups in total. The van der Waals surface area contributed by atoms with E-state index in [2.05, 4.69) is 11.8 Å². The summed E-state index contributed by atoms with van der Waals surface area (Å²) in [6.07, 6.45) is -0.530. The van der Waals surface area contributed by atoms with Crippen LogP contribution in [-0.4, -0.2) is 11.9 Å². The molecule has 2 heteroatoms. The van der Waals surface area contributed by atoms with Gasteiger partial charge in [-0.25, -0.2) is 0 Å². The zero-order valence-electron chi connectivity index (χ0n) is 10.2. The number of hydrogen-bond acceptors (Lipinski definition) is 2. The van der Waals surface area contributed by atoms with Gasteiger partial charge < -0.3 is 4.74 Å². The number of carbonyl (C=O) groups excluding carboxylic acids is 1. The van der Waals surface area contributed by atoms with Crippen LogP contribution in [0.25, 0.3) is 0 Å². The van der Waals surface area contributed by atoms with Gasteiger partial charge in [-0.15, -0.1) is 0 Å². The lowest BCUT2D eigenvalue weighted by Gasteiger charge is -1.92. The summed E-state index contributed by atoms with van der Waals surface area (Å²) < 4.78 is 5.40. The number of epoxide rings is 1. The largest absolute Gasteiger partial charge is 0.355 e. The molecule has 2 aromatic carbocycles. The molecule has 0 aliphatic carbocycles. The van der Waals surface area contributed by atoms with E-state index in [-0.39, 0.29) is 11.9 Å². The van der Waals surface area contributed by atoms with Crippen molar-refractivity contribution in [3.8, 4) is 11.8 Å². The Morgan fingerprint density at radius 3 is 2.26 bits per heavy atom. The first-order valence-corrected chi connectivity index (χ1v) is 6.16. The molecule has 19 heavy (non-hydrogen) atoms. The third kappa shape index (κ3) is 2.73. The van der Waals surface area contributed by atoms with E-state index in [9.17, 15) is 4.79 Å². The average Bonchev–Trinajstić information content (AvgIpc) is 3.27. The topological polar surface area (TPSA) is 29.6 Å². The second-order valence-corrected chi connectivity index (χ2v) is 4.37. The molecule has 0 aromatic heterocycles. The van der Waals surface area contributed by atoms with Gasteiger partial charge in [-0.2, -0.15) is 0 Å². The van der Waals surface area contributed by atoms with Gasteiger partial charge in [0.15, 0.2) is 6.10 Å². The van der Waals surface area contributed by atoms with Gasteiger partial charge in [0.05, 0.1) is 0 Å². The Morgan fingerprint density at radius 1 is 0.947 bits per heavy atom. The predicted octanol–water partition coefficient (Wildman–Crippen LogP) is 2.75. The third-order valence-electron chi connectivity index (χ3n) is 2.98. The van der Waals surface area contributed by atoms with Crippen LogP contribution in [0.4, 0.5) is 0 Å². The van der Waals surface area contributed by atoms with Gasteiger partial charge in [0.25, 0.3) is 0 Å². The Balaban J connectivity index is 1.67. The van der Waals surface area contributed by atoms with Crippen LogP contribution < -0.4 is 0 Å². The fourth-order valence-electron chi connectivity index (χ4n) is 1.93. The van der Waals surface area contributed by atoms with Crippen LogP contribution in [0.2, 0.25) is 0 Å². The molecule has 0 unspecified atom stereocenters. The number of Topliss-reactive ketones (excluding diaryl/α,β-unsaturated/α-hetero) is 1. The van der Waals surface area contributed by atoms with E-state index in [1.807, 2.05) is 60.7 Å². The molecule has 0 amide bonds. The van der Waals surface area contributed by atoms with E-state index in [0.29, 0.717) is 0 Å². The predicted molar refractivity (Wildman–Crippen MR) is 72.4 cm³/mol. The molecule has 3 rings (SSSR count). The van der Waals surface area contributed by atoms with Gasteiger partial charge >= 0.3 is 0 Å². The summed E-state index contributed by atoms with van der Waals surface area (Å²) in [7, 11) is 0. The number of rotatable bonds is 2. The highest BCUT2D eigenvalue weighted by Gasteiger charge is 2.45. The molecule has 1 saturated heterocycles. The first kappa shape index (κ1) is 11.7. The zero-order valence-corrected chi connectivity index (χ0v) is 10.2. The Morgan fingerprint density at radius 2 is 1.58 bits per heavy atom. The molecule has 2 nitrogen and oxygen atoms in total. The monoisotopic (exact) mass is 248 g/mol. The van der Waals surface area contributed by atoms with Crippen LogP contribution in [-0.2, 0) is 9.53 Å². The molecular weight excluding hydrogens is 236 g/mol. The number of benzene rings is 2. The van der Waals surface area contributed by atoms with E-state index in [0.717, 1.165) is 11.1 Å². The van der Waals surface area contributed by atoms with Crippen molar-refractivity contribution in [2.24, 2.45) is 0 Å². The van der Waals surface area contributed by atoms with Crippen LogP contribution in [0.5, 0.6) is 0 Å².